The number of alkyl halides is 3. The lowest BCUT2D eigenvalue weighted by atomic mass is 10.2. The van der Waals surface area contributed by atoms with Gasteiger partial charge in [0.15, 0.2) is 0 Å². The summed E-state index contributed by atoms with van der Waals surface area (Å²) >= 11 is 0. The number of carboxylic acid groups (broad SMARTS) is 1. The van der Waals surface area contributed by atoms with Gasteiger partial charge in [-0.15, -0.1) is 0 Å². The van der Waals surface area contributed by atoms with Crippen LogP contribution in [0, 0.1) is 5.82 Å². The minimum atomic E-state index is -5.01. The van der Waals surface area contributed by atoms with Gasteiger partial charge in [0.1, 0.15) is 10.7 Å². The Morgan fingerprint density at radius 3 is 2.29 bits per heavy atom. The van der Waals surface area contributed by atoms with Crippen LogP contribution in [0.4, 0.5) is 23.2 Å². The topological polar surface area (TPSA) is 83.5 Å². The molecule has 0 aliphatic heterocycles. The molecular formula is C14H9F4NO4S. The summed E-state index contributed by atoms with van der Waals surface area (Å²) in [7, 11) is -4.64. The van der Waals surface area contributed by atoms with Crippen molar-refractivity contribution in [1.29, 1.82) is 0 Å². The van der Waals surface area contributed by atoms with Crippen molar-refractivity contribution in [2.75, 3.05) is 4.72 Å². The van der Waals surface area contributed by atoms with Crippen LogP contribution in [-0.4, -0.2) is 19.5 Å². The van der Waals surface area contributed by atoms with Gasteiger partial charge in [0, 0.05) is 0 Å². The second-order valence-corrected chi connectivity index (χ2v) is 6.25. The molecule has 0 fully saturated rings. The predicted molar refractivity (Wildman–Crippen MR) is 75.6 cm³/mol. The number of benzene rings is 2. The molecule has 0 unspecified atom stereocenters. The Hall–Kier alpha value is -2.62. The molecule has 0 saturated heterocycles. The Balaban J connectivity index is 2.54. The molecule has 0 spiro atoms. The van der Waals surface area contributed by atoms with E-state index in [0.29, 0.717) is 12.1 Å². The number of carbonyl (C=O) groups is 1. The van der Waals surface area contributed by atoms with Gasteiger partial charge in [0.05, 0.1) is 16.8 Å². The highest BCUT2D eigenvalue weighted by Crippen LogP contribution is 2.36. The number of halogens is 4. The van der Waals surface area contributed by atoms with E-state index in [-0.39, 0.29) is 6.07 Å². The number of hydrogen-bond acceptors (Lipinski definition) is 3. The van der Waals surface area contributed by atoms with Crippen molar-refractivity contribution in [2.45, 2.75) is 11.1 Å². The maximum atomic E-state index is 13.0. The molecule has 10 heteroatoms. The van der Waals surface area contributed by atoms with Gasteiger partial charge in [-0.25, -0.2) is 17.6 Å². The van der Waals surface area contributed by atoms with Crippen LogP contribution >= 0.6 is 0 Å². The first-order valence-electron chi connectivity index (χ1n) is 6.24. The highest BCUT2D eigenvalue weighted by Gasteiger charge is 2.35. The first kappa shape index (κ1) is 17.7. The summed E-state index contributed by atoms with van der Waals surface area (Å²) in [4.78, 5) is 10.4. The van der Waals surface area contributed by atoms with Gasteiger partial charge in [-0.05, 0) is 30.3 Å². The largest absolute Gasteiger partial charge is 0.478 e. The molecule has 0 saturated carbocycles. The zero-order chi connectivity index (χ0) is 18.1. The van der Waals surface area contributed by atoms with E-state index in [9.17, 15) is 30.8 Å². The molecule has 2 aromatic carbocycles. The highest BCUT2D eigenvalue weighted by atomic mass is 32.2. The maximum absolute atomic E-state index is 13.0. The standard InChI is InChI=1S/C14H9F4NO4S/c15-8-5-6-11(10(7-8)14(16,17)18)19-24(22,23)12-4-2-1-3-9(12)13(20)21/h1-7,19H,(H,20,21). The van der Waals surface area contributed by atoms with Crippen LogP contribution in [-0.2, 0) is 16.2 Å². The lowest BCUT2D eigenvalue weighted by Crippen LogP contribution is -2.19. The number of aromatic carboxylic acids is 1. The summed E-state index contributed by atoms with van der Waals surface area (Å²) < 4.78 is 78.0. The van der Waals surface area contributed by atoms with E-state index in [1.165, 1.54) is 12.1 Å². The number of rotatable bonds is 4. The van der Waals surface area contributed by atoms with E-state index in [0.717, 1.165) is 12.1 Å². The van der Waals surface area contributed by atoms with Crippen LogP contribution in [0.25, 0.3) is 0 Å². The number of hydrogen-bond donors (Lipinski definition) is 2. The van der Waals surface area contributed by atoms with Crippen LogP contribution in [0.15, 0.2) is 47.4 Å². The molecule has 2 rings (SSSR count). The monoisotopic (exact) mass is 363 g/mol. The van der Waals surface area contributed by atoms with E-state index < -0.39 is 49.7 Å². The molecule has 0 amide bonds. The van der Waals surface area contributed by atoms with Crippen molar-refractivity contribution in [3.8, 4) is 0 Å². The van der Waals surface area contributed by atoms with E-state index in [1.807, 2.05) is 0 Å². The molecule has 2 N–H and O–H groups in total. The lowest BCUT2D eigenvalue weighted by molar-refractivity contribution is -0.137. The van der Waals surface area contributed by atoms with Crippen molar-refractivity contribution in [1.82, 2.24) is 0 Å². The highest BCUT2D eigenvalue weighted by molar-refractivity contribution is 7.92. The second kappa shape index (κ2) is 6.11. The number of nitrogens with one attached hydrogen (secondary N) is 1. The average molecular weight is 363 g/mol. The van der Waals surface area contributed by atoms with E-state index in [1.54, 1.807) is 4.72 Å². The average Bonchev–Trinajstić information content (AvgIpc) is 2.48. The minimum absolute atomic E-state index is 0.140. The van der Waals surface area contributed by atoms with Gasteiger partial charge >= 0.3 is 12.1 Å². The third kappa shape index (κ3) is 3.65. The van der Waals surface area contributed by atoms with Crippen molar-refractivity contribution >= 4 is 21.7 Å². The Kier molecular flexibility index (Phi) is 4.52. The molecule has 0 bridgehead atoms. The number of carboxylic acids is 1. The zero-order valence-corrected chi connectivity index (χ0v) is 12.5. The Bertz CT molecular complexity index is 894. The van der Waals surface area contributed by atoms with Crippen molar-refractivity contribution in [2.24, 2.45) is 0 Å². The molecule has 0 atom stereocenters. The van der Waals surface area contributed by atoms with Gasteiger partial charge in [0.2, 0.25) is 0 Å². The van der Waals surface area contributed by atoms with Gasteiger partial charge in [-0.3, -0.25) is 4.72 Å². The summed E-state index contributed by atoms with van der Waals surface area (Å²) in [5.41, 5.74) is -3.05. The van der Waals surface area contributed by atoms with Crippen LogP contribution in [0.2, 0.25) is 0 Å². The fourth-order valence-corrected chi connectivity index (χ4v) is 3.20. The molecule has 0 aromatic heterocycles. The van der Waals surface area contributed by atoms with E-state index >= 15 is 0 Å². The minimum Gasteiger partial charge on any atom is -0.478 e. The SMILES string of the molecule is O=C(O)c1ccccc1S(=O)(=O)Nc1ccc(F)cc1C(F)(F)F. The lowest BCUT2D eigenvalue weighted by Gasteiger charge is -2.15. The third-order valence-electron chi connectivity index (χ3n) is 2.94. The third-order valence-corrected chi connectivity index (χ3v) is 4.36. The van der Waals surface area contributed by atoms with Gasteiger partial charge in [-0.2, -0.15) is 13.2 Å². The van der Waals surface area contributed by atoms with Gasteiger partial charge in [-0.1, -0.05) is 12.1 Å². The van der Waals surface area contributed by atoms with Crippen LogP contribution in [0.5, 0.6) is 0 Å². The Morgan fingerprint density at radius 2 is 1.71 bits per heavy atom. The van der Waals surface area contributed by atoms with Gasteiger partial charge in [0.25, 0.3) is 10.0 Å². The number of anilines is 1. The zero-order valence-electron chi connectivity index (χ0n) is 11.6. The molecule has 0 aliphatic rings. The molecule has 2 aromatic rings. The van der Waals surface area contributed by atoms with Crippen molar-refractivity contribution < 1.29 is 35.9 Å². The first-order chi connectivity index (χ1) is 11.0. The fourth-order valence-electron chi connectivity index (χ4n) is 1.92. The van der Waals surface area contributed by atoms with Crippen LogP contribution < -0.4 is 4.72 Å². The summed E-state index contributed by atoms with van der Waals surface area (Å²) in [6.07, 6.45) is -5.01. The van der Waals surface area contributed by atoms with Crippen molar-refractivity contribution in [3.05, 3.63) is 59.4 Å². The first-order valence-corrected chi connectivity index (χ1v) is 7.72. The summed E-state index contributed by atoms with van der Waals surface area (Å²) in [6.45, 7) is 0. The molecule has 0 heterocycles. The summed E-state index contributed by atoms with van der Waals surface area (Å²) in [5.74, 6) is -2.76. The van der Waals surface area contributed by atoms with Gasteiger partial charge < -0.3 is 5.11 Å². The smallest absolute Gasteiger partial charge is 0.418 e. The predicted octanol–water partition coefficient (Wildman–Crippen LogP) is 3.34. The molecular weight excluding hydrogens is 354 g/mol. The Morgan fingerprint density at radius 1 is 1.08 bits per heavy atom. The maximum Gasteiger partial charge on any atom is 0.418 e. The second-order valence-electron chi connectivity index (χ2n) is 4.59. The summed E-state index contributed by atoms with van der Waals surface area (Å²) in [5, 5.41) is 8.99. The number of sulfonamides is 1. The van der Waals surface area contributed by atoms with Crippen LogP contribution in [0.1, 0.15) is 15.9 Å². The molecule has 0 radical (unpaired) electrons. The normalized spacial score (nSPS) is 12.0. The van der Waals surface area contributed by atoms with E-state index in [4.69, 9.17) is 5.11 Å². The molecule has 24 heavy (non-hydrogen) atoms. The summed E-state index contributed by atoms with van der Waals surface area (Å²) in [6, 6.07) is 5.81. The Labute approximate surface area is 133 Å². The molecule has 128 valence electrons. The fraction of sp³-hybridized carbons (Fsp3) is 0.0714. The molecule has 0 aliphatic carbocycles. The van der Waals surface area contributed by atoms with Crippen molar-refractivity contribution in [3.63, 3.8) is 0 Å². The van der Waals surface area contributed by atoms with E-state index in [2.05, 4.69) is 0 Å². The quantitative estimate of drug-likeness (QED) is 0.816. The molecule has 5 nitrogen and oxygen atoms in total. The van der Waals surface area contributed by atoms with Crippen LogP contribution in [0.3, 0.4) is 0 Å².